The molecular weight excluding hydrogens is 202 g/mol. The van der Waals surface area contributed by atoms with Gasteiger partial charge in [-0.3, -0.25) is 4.79 Å². The van der Waals surface area contributed by atoms with Gasteiger partial charge >= 0.3 is 0 Å². The van der Waals surface area contributed by atoms with Crippen molar-refractivity contribution in [2.75, 3.05) is 6.54 Å². The van der Waals surface area contributed by atoms with E-state index in [-0.39, 0.29) is 18.7 Å². The second-order valence-corrected chi connectivity index (χ2v) is 3.90. The molecular formula is C12H15N3O. The van der Waals surface area contributed by atoms with Crippen molar-refractivity contribution in [3.05, 3.63) is 45.8 Å². The summed E-state index contributed by atoms with van der Waals surface area (Å²) < 4.78 is 0. The summed E-state index contributed by atoms with van der Waals surface area (Å²) in [5, 5.41) is 3.34. The lowest BCUT2D eigenvalue weighted by atomic mass is 10.00. The fourth-order valence-electron chi connectivity index (χ4n) is 1.39. The molecule has 0 fully saturated rings. The van der Waals surface area contributed by atoms with E-state index in [0.29, 0.717) is 11.5 Å². The van der Waals surface area contributed by atoms with E-state index >= 15 is 0 Å². The van der Waals surface area contributed by atoms with Gasteiger partial charge in [-0.15, -0.1) is 0 Å². The third-order valence-corrected chi connectivity index (χ3v) is 2.40. The third kappa shape index (κ3) is 3.41. The first-order valence-electron chi connectivity index (χ1n) is 5.29. The summed E-state index contributed by atoms with van der Waals surface area (Å²) in [6.45, 7) is 4.44. The second-order valence-electron chi connectivity index (χ2n) is 3.90. The maximum atomic E-state index is 11.6. The van der Waals surface area contributed by atoms with Crippen LogP contribution in [-0.2, 0) is 0 Å². The number of nitrogens with zero attached hydrogens (tertiary/aromatic N) is 3. The van der Waals surface area contributed by atoms with Crippen LogP contribution in [0.25, 0.3) is 10.4 Å². The smallest absolute Gasteiger partial charge is 0.163 e. The molecule has 0 radical (unpaired) electrons. The number of Topliss-reactive ketones (excluding diaryl/α,β-unsaturated/α-hetero) is 1. The summed E-state index contributed by atoms with van der Waals surface area (Å²) in [5.41, 5.74) is 9.99. The number of carbonyl (C=O) groups excluding carboxylic acids is 1. The van der Waals surface area contributed by atoms with Crippen LogP contribution in [0.2, 0.25) is 0 Å². The van der Waals surface area contributed by atoms with Gasteiger partial charge in [0.05, 0.1) is 0 Å². The molecule has 1 aromatic rings. The predicted octanol–water partition coefficient (Wildman–Crippen LogP) is 3.69. The van der Waals surface area contributed by atoms with E-state index in [1.54, 1.807) is 0 Å². The molecule has 0 heterocycles. The summed E-state index contributed by atoms with van der Waals surface area (Å²) in [6.07, 6.45) is 0.269. The van der Waals surface area contributed by atoms with Gasteiger partial charge < -0.3 is 0 Å². The molecule has 0 atom stereocenters. The Morgan fingerprint density at radius 2 is 2.00 bits per heavy atom. The zero-order chi connectivity index (χ0) is 12.0. The monoisotopic (exact) mass is 217 g/mol. The molecule has 0 amide bonds. The summed E-state index contributed by atoms with van der Waals surface area (Å²) >= 11 is 0. The standard InChI is InChI=1S/C12H15N3O/c1-9(2)10-3-5-11(6-4-10)12(16)7-8-14-15-13/h3-6,9H,7-8H2,1-2H3. The molecule has 0 saturated heterocycles. The molecule has 84 valence electrons. The van der Waals surface area contributed by atoms with Crippen molar-refractivity contribution in [3.63, 3.8) is 0 Å². The van der Waals surface area contributed by atoms with Crippen LogP contribution in [0.4, 0.5) is 0 Å². The quantitative estimate of drug-likeness (QED) is 0.321. The second kappa shape index (κ2) is 5.93. The van der Waals surface area contributed by atoms with Crippen molar-refractivity contribution >= 4 is 5.78 Å². The number of rotatable bonds is 5. The predicted molar refractivity (Wildman–Crippen MR) is 63.5 cm³/mol. The maximum absolute atomic E-state index is 11.6. The van der Waals surface area contributed by atoms with E-state index in [9.17, 15) is 4.79 Å². The number of carbonyl (C=O) groups is 1. The minimum atomic E-state index is 0.0164. The molecule has 0 aliphatic carbocycles. The topological polar surface area (TPSA) is 65.8 Å². The van der Waals surface area contributed by atoms with Crippen LogP contribution in [0.5, 0.6) is 0 Å². The van der Waals surface area contributed by atoms with Gasteiger partial charge in [-0.1, -0.05) is 43.2 Å². The minimum absolute atomic E-state index is 0.0164. The Hall–Kier alpha value is -1.80. The van der Waals surface area contributed by atoms with E-state index in [2.05, 4.69) is 23.9 Å². The molecule has 0 aliphatic heterocycles. The normalized spacial score (nSPS) is 9.94. The summed E-state index contributed by atoms with van der Waals surface area (Å²) in [7, 11) is 0. The molecule has 0 aliphatic rings. The van der Waals surface area contributed by atoms with Gasteiger partial charge in [-0.05, 0) is 17.0 Å². The maximum Gasteiger partial charge on any atom is 0.163 e. The number of azide groups is 1. The Morgan fingerprint density at radius 1 is 1.38 bits per heavy atom. The Bertz CT molecular complexity index is 403. The highest BCUT2D eigenvalue weighted by Crippen LogP contribution is 2.15. The molecule has 1 rings (SSSR count). The molecule has 16 heavy (non-hydrogen) atoms. The van der Waals surface area contributed by atoms with Crippen LogP contribution in [-0.4, -0.2) is 12.3 Å². The average molecular weight is 217 g/mol. The van der Waals surface area contributed by atoms with Gasteiger partial charge in [0.25, 0.3) is 0 Å². The van der Waals surface area contributed by atoms with Crippen LogP contribution >= 0.6 is 0 Å². The van der Waals surface area contributed by atoms with Crippen molar-refractivity contribution in [2.24, 2.45) is 5.11 Å². The molecule has 0 unspecified atom stereocenters. The van der Waals surface area contributed by atoms with Gasteiger partial charge in [0, 0.05) is 23.4 Å². The van der Waals surface area contributed by atoms with Crippen molar-refractivity contribution in [1.82, 2.24) is 0 Å². The highest BCUT2D eigenvalue weighted by molar-refractivity contribution is 5.96. The van der Waals surface area contributed by atoms with Gasteiger partial charge in [-0.2, -0.15) is 0 Å². The molecule has 4 heteroatoms. The first-order valence-corrected chi connectivity index (χ1v) is 5.29. The Kier molecular flexibility index (Phi) is 4.55. The summed E-state index contributed by atoms with van der Waals surface area (Å²) in [4.78, 5) is 14.2. The van der Waals surface area contributed by atoms with Gasteiger partial charge in [-0.25, -0.2) is 0 Å². The highest BCUT2D eigenvalue weighted by Gasteiger charge is 2.05. The lowest BCUT2D eigenvalue weighted by molar-refractivity contribution is 0.0985. The Morgan fingerprint density at radius 3 is 2.50 bits per heavy atom. The number of ketones is 1. The highest BCUT2D eigenvalue weighted by atomic mass is 16.1. The first kappa shape index (κ1) is 12.3. The van der Waals surface area contributed by atoms with Crippen molar-refractivity contribution in [2.45, 2.75) is 26.2 Å². The van der Waals surface area contributed by atoms with Crippen LogP contribution in [0, 0.1) is 0 Å². The van der Waals surface area contributed by atoms with E-state index < -0.39 is 0 Å². The number of benzene rings is 1. The van der Waals surface area contributed by atoms with Crippen LogP contribution < -0.4 is 0 Å². The minimum Gasteiger partial charge on any atom is -0.294 e. The fraction of sp³-hybridized carbons (Fsp3) is 0.417. The SMILES string of the molecule is CC(C)c1ccc(C(=O)CCN=[N+]=[N-])cc1. The first-order chi connectivity index (χ1) is 7.65. The summed E-state index contributed by atoms with van der Waals surface area (Å²) in [5.74, 6) is 0.482. The van der Waals surface area contributed by atoms with Crippen LogP contribution in [0.15, 0.2) is 29.4 Å². The molecule has 0 spiro atoms. The van der Waals surface area contributed by atoms with E-state index in [4.69, 9.17) is 5.53 Å². The Labute approximate surface area is 94.9 Å². The van der Waals surface area contributed by atoms with E-state index in [1.165, 1.54) is 5.56 Å². The molecule has 0 N–H and O–H groups in total. The van der Waals surface area contributed by atoms with Crippen LogP contribution in [0.1, 0.15) is 42.1 Å². The molecule has 1 aromatic carbocycles. The number of hydrogen-bond acceptors (Lipinski definition) is 2. The number of hydrogen-bond donors (Lipinski definition) is 0. The van der Waals surface area contributed by atoms with Crippen molar-refractivity contribution in [1.29, 1.82) is 0 Å². The van der Waals surface area contributed by atoms with Crippen molar-refractivity contribution < 1.29 is 4.79 Å². The molecule has 4 nitrogen and oxygen atoms in total. The zero-order valence-electron chi connectivity index (χ0n) is 9.55. The zero-order valence-corrected chi connectivity index (χ0v) is 9.55. The largest absolute Gasteiger partial charge is 0.294 e. The van der Waals surface area contributed by atoms with Crippen LogP contribution in [0.3, 0.4) is 0 Å². The molecule has 0 bridgehead atoms. The van der Waals surface area contributed by atoms with E-state index in [0.717, 1.165) is 0 Å². The summed E-state index contributed by atoms with van der Waals surface area (Å²) in [6, 6.07) is 7.58. The van der Waals surface area contributed by atoms with Crippen molar-refractivity contribution in [3.8, 4) is 0 Å². The van der Waals surface area contributed by atoms with Gasteiger partial charge in [0.2, 0.25) is 0 Å². The van der Waals surface area contributed by atoms with Gasteiger partial charge in [0.1, 0.15) is 0 Å². The third-order valence-electron chi connectivity index (χ3n) is 2.40. The average Bonchev–Trinajstić information content (AvgIpc) is 2.29. The fourth-order valence-corrected chi connectivity index (χ4v) is 1.39. The molecule has 0 saturated carbocycles. The lowest BCUT2D eigenvalue weighted by Gasteiger charge is -2.05. The lowest BCUT2D eigenvalue weighted by Crippen LogP contribution is -2.01. The molecule has 0 aromatic heterocycles. The van der Waals surface area contributed by atoms with E-state index in [1.807, 2.05) is 24.3 Å². The van der Waals surface area contributed by atoms with Gasteiger partial charge in [0.15, 0.2) is 5.78 Å². The Balaban J connectivity index is 2.66.